The SMILES string of the molecule is CC#Cc1cc(C)c(C2=C(O)C(Cc3ccc(C#N)cn3)CC2=O)c(C)c1. The number of carbonyl (C=O) groups excluding carboxylic acids is 1. The largest absolute Gasteiger partial charge is 0.511 e. The highest BCUT2D eigenvalue weighted by Crippen LogP contribution is 2.38. The summed E-state index contributed by atoms with van der Waals surface area (Å²) in [6.07, 6.45) is 2.23. The van der Waals surface area contributed by atoms with Crippen LogP contribution in [0.25, 0.3) is 5.57 Å². The molecule has 0 saturated carbocycles. The fraction of sp³-hybridized carbons (Fsp3) is 0.261. The van der Waals surface area contributed by atoms with Gasteiger partial charge in [0.1, 0.15) is 11.8 Å². The van der Waals surface area contributed by atoms with Crippen LogP contribution >= 0.6 is 0 Å². The van der Waals surface area contributed by atoms with Crippen LogP contribution in [0.15, 0.2) is 36.2 Å². The van der Waals surface area contributed by atoms with Crippen molar-refractivity contribution in [1.29, 1.82) is 5.26 Å². The zero-order chi connectivity index (χ0) is 19.6. The number of hydrogen-bond donors (Lipinski definition) is 1. The van der Waals surface area contributed by atoms with E-state index in [0.29, 0.717) is 17.6 Å². The van der Waals surface area contributed by atoms with E-state index in [1.54, 1.807) is 19.1 Å². The Kier molecular flexibility index (Phi) is 5.10. The average molecular weight is 356 g/mol. The number of aliphatic hydroxyl groups excluding tert-OH is 1. The highest BCUT2D eigenvalue weighted by molar-refractivity contribution is 6.24. The summed E-state index contributed by atoms with van der Waals surface area (Å²) in [7, 11) is 0. The highest BCUT2D eigenvalue weighted by atomic mass is 16.3. The predicted octanol–water partition coefficient (Wildman–Crippen LogP) is 4.04. The molecule has 0 fully saturated rings. The maximum atomic E-state index is 12.7. The molecule has 0 bridgehead atoms. The minimum Gasteiger partial charge on any atom is -0.511 e. The van der Waals surface area contributed by atoms with E-state index in [-0.39, 0.29) is 23.9 Å². The molecular weight excluding hydrogens is 336 g/mol. The van der Waals surface area contributed by atoms with E-state index < -0.39 is 0 Å². The summed E-state index contributed by atoms with van der Waals surface area (Å²) < 4.78 is 0. The molecule has 4 nitrogen and oxygen atoms in total. The Labute approximate surface area is 159 Å². The van der Waals surface area contributed by atoms with E-state index >= 15 is 0 Å². The second kappa shape index (κ2) is 7.48. The second-order valence-electron chi connectivity index (χ2n) is 6.80. The zero-order valence-corrected chi connectivity index (χ0v) is 15.6. The fourth-order valence-electron chi connectivity index (χ4n) is 3.64. The van der Waals surface area contributed by atoms with Gasteiger partial charge in [0.05, 0.1) is 11.1 Å². The summed E-state index contributed by atoms with van der Waals surface area (Å²) in [4.78, 5) is 16.9. The van der Waals surface area contributed by atoms with Crippen LogP contribution in [0.4, 0.5) is 0 Å². The van der Waals surface area contributed by atoms with E-state index in [1.165, 1.54) is 6.20 Å². The molecule has 1 aromatic carbocycles. The van der Waals surface area contributed by atoms with Crippen molar-refractivity contribution in [3.63, 3.8) is 0 Å². The number of aryl methyl sites for hydroxylation is 2. The number of carbonyl (C=O) groups is 1. The lowest BCUT2D eigenvalue weighted by molar-refractivity contribution is -0.113. The van der Waals surface area contributed by atoms with Crippen molar-refractivity contribution in [2.75, 3.05) is 0 Å². The van der Waals surface area contributed by atoms with Gasteiger partial charge < -0.3 is 5.11 Å². The number of pyridine rings is 1. The van der Waals surface area contributed by atoms with Gasteiger partial charge in [-0.05, 0) is 68.1 Å². The Hall–Kier alpha value is -3.37. The number of hydrogen-bond acceptors (Lipinski definition) is 4. The van der Waals surface area contributed by atoms with Crippen molar-refractivity contribution >= 4 is 11.4 Å². The van der Waals surface area contributed by atoms with Crippen LogP contribution in [-0.4, -0.2) is 15.9 Å². The van der Waals surface area contributed by atoms with Crippen LogP contribution in [-0.2, 0) is 11.2 Å². The van der Waals surface area contributed by atoms with Crippen LogP contribution in [0.5, 0.6) is 0 Å². The molecule has 0 spiro atoms. The quantitative estimate of drug-likeness (QED) is 0.842. The topological polar surface area (TPSA) is 74.0 Å². The van der Waals surface area contributed by atoms with Crippen molar-refractivity contribution in [3.8, 4) is 17.9 Å². The van der Waals surface area contributed by atoms with Gasteiger partial charge in [-0.15, -0.1) is 5.92 Å². The molecule has 1 unspecified atom stereocenters. The van der Waals surface area contributed by atoms with Crippen LogP contribution in [0, 0.1) is 42.9 Å². The number of benzene rings is 1. The maximum absolute atomic E-state index is 12.7. The van der Waals surface area contributed by atoms with Crippen molar-refractivity contribution in [1.82, 2.24) is 4.98 Å². The Morgan fingerprint density at radius 1 is 1.22 bits per heavy atom. The number of ketones is 1. The first-order chi connectivity index (χ1) is 12.9. The molecule has 0 saturated heterocycles. The number of aliphatic hydroxyl groups is 1. The third-order valence-corrected chi connectivity index (χ3v) is 4.81. The molecule has 1 heterocycles. The molecule has 0 radical (unpaired) electrons. The summed E-state index contributed by atoms with van der Waals surface area (Å²) in [5.74, 6) is 5.71. The number of allylic oxidation sites excluding steroid dienone is 2. The molecule has 1 aromatic heterocycles. The van der Waals surface area contributed by atoms with E-state index in [1.807, 2.05) is 32.0 Å². The minimum atomic E-state index is -0.290. The van der Waals surface area contributed by atoms with Gasteiger partial charge in [-0.2, -0.15) is 5.26 Å². The normalized spacial score (nSPS) is 16.1. The van der Waals surface area contributed by atoms with E-state index in [0.717, 1.165) is 27.9 Å². The van der Waals surface area contributed by atoms with Crippen LogP contribution in [0.3, 0.4) is 0 Å². The van der Waals surface area contributed by atoms with Crippen LogP contribution in [0.1, 0.15) is 46.9 Å². The molecule has 4 heteroatoms. The van der Waals surface area contributed by atoms with Crippen LogP contribution in [0.2, 0.25) is 0 Å². The number of rotatable bonds is 3. The first-order valence-corrected chi connectivity index (χ1v) is 8.80. The first-order valence-electron chi connectivity index (χ1n) is 8.80. The Bertz CT molecular complexity index is 1020. The summed E-state index contributed by atoms with van der Waals surface area (Å²) in [5.41, 5.74) is 5.22. The number of aromatic nitrogens is 1. The van der Waals surface area contributed by atoms with Gasteiger partial charge >= 0.3 is 0 Å². The standard InChI is InChI=1S/C23H20N2O2/c1-4-5-16-8-14(2)21(15(3)9-16)22-20(26)11-18(23(22)27)10-19-7-6-17(12-24)13-25-19/h6-9,13,18,27H,10-11H2,1-3H3. The summed E-state index contributed by atoms with van der Waals surface area (Å²) in [6, 6.07) is 9.39. The lowest BCUT2D eigenvalue weighted by atomic mass is 9.92. The zero-order valence-electron chi connectivity index (χ0n) is 15.6. The molecule has 1 aliphatic carbocycles. The van der Waals surface area contributed by atoms with E-state index in [2.05, 4.69) is 16.8 Å². The van der Waals surface area contributed by atoms with Crippen molar-refractivity contribution in [2.45, 2.75) is 33.6 Å². The summed E-state index contributed by atoms with van der Waals surface area (Å²) in [6.45, 7) is 5.66. The molecule has 3 rings (SSSR count). The van der Waals surface area contributed by atoms with Gasteiger partial charge in [-0.25, -0.2) is 0 Å². The van der Waals surface area contributed by atoms with Gasteiger partial charge in [0.15, 0.2) is 5.78 Å². The molecule has 134 valence electrons. The minimum absolute atomic E-state index is 0.0494. The summed E-state index contributed by atoms with van der Waals surface area (Å²) >= 11 is 0. The van der Waals surface area contributed by atoms with Gasteiger partial charge in [0.25, 0.3) is 0 Å². The molecule has 27 heavy (non-hydrogen) atoms. The van der Waals surface area contributed by atoms with Crippen molar-refractivity contribution in [3.05, 3.63) is 69.7 Å². The van der Waals surface area contributed by atoms with Crippen LogP contribution < -0.4 is 0 Å². The van der Waals surface area contributed by atoms with Crippen molar-refractivity contribution in [2.24, 2.45) is 5.92 Å². The molecular formula is C23H20N2O2. The molecule has 1 N–H and O–H groups in total. The molecule has 2 aromatic rings. The Balaban J connectivity index is 1.96. The third kappa shape index (κ3) is 3.61. The second-order valence-corrected chi connectivity index (χ2v) is 6.80. The molecule has 0 amide bonds. The Morgan fingerprint density at radius 3 is 2.48 bits per heavy atom. The molecule has 1 aliphatic rings. The van der Waals surface area contributed by atoms with Gasteiger partial charge in [0.2, 0.25) is 0 Å². The fourth-order valence-corrected chi connectivity index (χ4v) is 3.64. The number of nitrogens with zero attached hydrogens (tertiary/aromatic N) is 2. The molecule has 1 atom stereocenters. The van der Waals surface area contributed by atoms with E-state index in [4.69, 9.17) is 5.26 Å². The lowest BCUT2D eigenvalue weighted by Crippen LogP contribution is -2.06. The monoisotopic (exact) mass is 356 g/mol. The van der Waals surface area contributed by atoms with E-state index in [9.17, 15) is 9.90 Å². The average Bonchev–Trinajstić information content (AvgIpc) is 2.90. The lowest BCUT2D eigenvalue weighted by Gasteiger charge is -2.13. The first kappa shape index (κ1) is 18.4. The predicted molar refractivity (Wildman–Crippen MR) is 104 cm³/mol. The van der Waals surface area contributed by atoms with Gasteiger partial charge in [-0.1, -0.05) is 5.92 Å². The number of nitriles is 1. The smallest absolute Gasteiger partial charge is 0.167 e. The third-order valence-electron chi connectivity index (χ3n) is 4.81. The van der Waals surface area contributed by atoms with Gasteiger partial charge in [-0.3, -0.25) is 9.78 Å². The van der Waals surface area contributed by atoms with Crippen molar-refractivity contribution < 1.29 is 9.90 Å². The maximum Gasteiger partial charge on any atom is 0.167 e. The molecule has 0 aliphatic heterocycles. The Morgan fingerprint density at radius 2 is 1.93 bits per heavy atom. The summed E-state index contributed by atoms with van der Waals surface area (Å²) in [5, 5.41) is 19.7. The number of Topliss-reactive ketones (excluding diaryl/α,β-unsaturated/α-hetero) is 1. The highest BCUT2D eigenvalue weighted by Gasteiger charge is 2.34. The van der Waals surface area contributed by atoms with Gasteiger partial charge in [0, 0.05) is 29.8 Å².